The number of ether oxygens (including phenoxy) is 2. The molecule has 3 aromatic rings. The number of aliphatic hydroxyl groups excluding tert-OH is 1. The van der Waals surface area contributed by atoms with Crippen LogP contribution in [0.15, 0.2) is 84.9 Å². The van der Waals surface area contributed by atoms with Gasteiger partial charge in [-0.05, 0) is 39.5 Å². The normalized spacial score (nSPS) is 13.0. The van der Waals surface area contributed by atoms with E-state index in [4.69, 9.17) is 13.9 Å². The van der Waals surface area contributed by atoms with E-state index in [1.165, 1.54) is 10.4 Å². The van der Waals surface area contributed by atoms with Crippen LogP contribution in [0.3, 0.4) is 0 Å². The predicted octanol–water partition coefficient (Wildman–Crippen LogP) is 4.54. The van der Waals surface area contributed by atoms with Crippen LogP contribution in [0.5, 0.6) is 5.75 Å². The van der Waals surface area contributed by atoms with E-state index in [0.29, 0.717) is 19.6 Å². The summed E-state index contributed by atoms with van der Waals surface area (Å²) in [6.45, 7) is 7.72. The first-order valence-corrected chi connectivity index (χ1v) is 13.4. The van der Waals surface area contributed by atoms with Gasteiger partial charge in [-0.2, -0.15) is 0 Å². The molecule has 0 heterocycles. The molecule has 0 fully saturated rings. The number of rotatable bonds is 11. The van der Waals surface area contributed by atoms with Gasteiger partial charge in [0.1, 0.15) is 5.75 Å². The van der Waals surface area contributed by atoms with Crippen LogP contribution >= 0.6 is 0 Å². The van der Waals surface area contributed by atoms with E-state index in [-0.39, 0.29) is 17.7 Å². The Morgan fingerprint density at radius 3 is 1.82 bits per heavy atom. The maximum Gasteiger partial charge on any atom is 0.261 e. The first kappa shape index (κ1) is 25.2. The molecule has 0 saturated heterocycles. The summed E-state index contributed by atoms with van der Waals surface area (Å²) in [5, 5.41) is 12.1. The van der Waals surface area contributed by atoms with Crippen molar-refractivity contribution in [2.75, 3.05) is 20.3 Å². The largest absolute Gasteiger partial charge is 0.497 e. The second-order valence-electron chi connectivity index (χ2n) is 9.27. The van der Waals surface area contributed by atoms with E-state index < -0.39 is 8.32 Å². The van der Waals surface area contributed by atoms with Gasteiger partial charge in [0.05, 0.1) is 26.4 Å². The molecular formula is C28H36O4Si. The maximum atomic E-state index is 9.68. The van der Waals surface area contributed by atoms with Gasteiger partial charge in [0.2, 0.25) is 0 Å². The third-order valence-corrected chi connectivity index (χ3v) is 11.0. The second kappa shape index (κ2) is 11.6. The van der Waals surface area contributed by atoms with Crippen molar-refractivity contribution in [1.29, 1.82) is 0 Å². The van der Waals surface area contributed by atoms with Gasteiger partial charge in [0, 0.05) is 6.61 Å². The lowest BCUT2D eigenvalue weighted by Gasteiger charge is -2.43. The van der Waals surface area contributed by atoms with E-state index >= 15 is 0 Å². The summed E-state index contributed by atoms with van der Waals surface area (Å²) in [4.78, 5) is 0. The van der Waals surface area contributed by atoms with Crippen LogP contribution in [0, 0.1) is 0 Å². The molecule has 3 aromatic carbocycles. The zero-order valence-corrected chi connectivity index (χ0v) is 21.2. The average molecular weight is 465 g/mol. The van der Waals surface area contributed by atoms with Crippen molar-refractivity contribution in [3.8, 4) is 5.75 Å². The van der Waals surface area contributed by atoms with Crippen molar-refractivity contribution in [2.24, 2.45) is 0 Å². The van der Waals surface area contributed by atoms with Crippen LogP contribution in [0.4, 0.5) is 0 Å². The van der Waals surface area contributed by atoms with Crippen molar-refractivity contribution in [1.82, 2.24) is 0 Å². The van der Waals surface area contributed by atoms with E-state index in [1.807, 2.05) is 36.4 Å². The number of benzene rings is 3. The van der Waals surface area contributed by atoms with Gasteiger partial charge in [-0.15, -0.1) is 0 Å². The minimum absolute atomic E-state index is 0.0530. The Kier molecular flexibility index (Phi) is 8.86. The molecule has 3 rings (SSSR count). The topological polar surface area (TPSA) is 47.9 Å². The van der Waals surface area contributed by atoms with Crippen LogP contribution in [0.2, 0.25) is 5.04 Å². The lowest BCUT2D eigenvalue weighted by molar-refractivity contribution is -0.00633. The molecule has 0 aliphatic rings. The molecule has 5 heteroatoms. The van der Waals surface area contributed by atoms with E-state index in [0.717, 1.165) is 11.3 Å². The molecular weight excluding hydrogens is 428 g/mol. The number of hydrogen-bond acceptors (Lipinski definition) is 4. The smallest absolute Gasteiger partial charge is 0.261 e. The summed E-state index contributed by atoms with van der Waals surface area (Å²) in [5.74, 6) is 0.820. The Morgan fingerprint density at radius 1 is 0.818 bits per heavy atom. The molecule has 1 atom stereocenters. The van der Waals surface area contributed by atoms with Gasteiger partial charge in [-0.1, -0.05) is 93.6 Å². The van der Waals surface area contributed by atoms with Gasteiger partial charge in [0.15, 0.2) is 0 Å². The summed E-state index contributed by atoms with van der Waals surface area (Å²) in [6, 6.07) is 29.0. The highest BCUT2D eigenvalue weighted by atomic mass is 28.4. The standard InChI is InChI=1S/C28H36O4Si/c1-28(2,3)33(26-11-7-5-8-12-26,27-13-9-6-10-14-27)32-22-25(19-20-29)31-21-23-15-17-24(30-4)18-16-23/h5-18,25,29H,19-22H2,1-4H3/t25-/m1/s1. The van der Waals surface area contributed by atoms with E-state index in [9.17, 15) is 5.11 Å². The quantitative estimate of drug-likeness (QED) is 0.423. The Balaban J connectivity index is 1.86. The molecule has 0 aliphatic heterocycles. The molecule has 0 aromatic heterocycles. The fourth-order valence-electron chi connectivity index (χ4n) is 4.27. The van der Waals surface area contributed by atoms with Crippen molar-refractivity contribution in [2.45, 2.75) is 44.9 Å². The van der Waals surface area contributed by atoms with Crippen LogP contribution < -0.4 is 15.1 Å². The minimum atomic E-state index is -2.64. The van der Waals surface area contributed by atoms with Crippen LogP contribution in [-0.2, 0) is 15.8 Å². The number of aliphatic hydroxyl groups is 1. The van der Waals surface area contributed by atoms with Crippen molar-refractivity contribution >= 4 is 18.7 Å². The molecule has 0 aliphatic carbocycles. The third-order valence-electron chi connectivity index (χ3n) is 6.00. The lowest BCUT2D eigenvalue weighted by atomic mass is 10.2. The zero-order chi connectivity index (χ0) is 23.7. The molecule has 0 bridgehead atoms. The highest BCUT2D eigenvalue weighted by Crippen LogP contribution is 2.37. The molecule has 1 N–H and O–H groups in total. The first-order valence-electron chi connectivity index (χ1n) is 11.5. The van der Waals surface area contributed by atoms with Gasteiger partial charge in [0.25, 0.3) is 8.32 Å². The van der Waals surface area contributed by atoms with Crippen LogP contribution in [0.25, 0.3) is 0 Å². The fraction of sp³-hybridized carbons (Fsp3) is 0.357. The number of hydrogen-bond donors (Lipinski definition) is 1. The Labute approximate surface area is 199 Å². The molecule has 0 unspecified atom stereocenters. The Hall–Kier alpha value is -2.44. The number of methoxy groups -OCH3 is 1. The van der Waals surface area contributed by atoms with Crippen molar-refractivity contribution in [3.05, 3.63) is 90.5 Å². The molecule has 0 spiro atoms. The molecule has 0 radical (unpaired) electrons. The first-order chi connectivity index (χ1) is 15.9. The second-order valence-corrected chi connectivity index (χ2v) is 13.6. The minimum Gasteiger partial charge on any atom is -0.497 e. The predicted molar refractivity (Wildman–Crippen MR) is 137 cm³/mol. The van der Waals surface area contributed by atoms with Crippen LogP contribution in [0.1, 0.15) is 32.8 Å². The third kappa shape index (κ3) is 6.12. The summed E-state index contributed by atoms with van der Waals surface area (Å²) < 4.78 is 18.4. The Bertz CT molecular complexity index is 913. The summed E-state index contributed by atoms with van der Waals surface area (Å²) in [5.41, 5.74) is 1.06. The lowest BCUT2D eigenvalue weighted by Crippen LogP contribution is -2.67. The van der Waals surface area contributed by atoms with E-state index in [1.54, 1.807) is 7.11 Å². The van der Waals surface area contributed by atoms with E-state index in [2.05, 4.69) is 69.3 Å². The highest BCUT2D eigenvalue weighted by Gasteiger charge is 2.50. The molecule has 0 amide bonds. The Morgan fingerprint density at radius 2 is 1.36 bits per heavy atom. The SMILES string of the molecule is COc1ccc(CO[C@H](CCO)CO[Si](c2ccccc2)(c2ccccc2)C(C)(C)C)cc1. The fourth-order valence-corrected chi connectivity index (χ4v) is 8.87. The van der Waals surface area contributed by atoms with Crippen molar-refractivity contribution in [3.63, 3.8) is 0 Å². The molecule has 4 nitrogen and oxygen atoms in total. The summed E-state index contributed by atoms with van der Waals surface area (Å²) in [7, 11) is -0.982. The molecule has 0 saturated carbocycles. The van der Waals surface area contributed by atoms with Gasteiger partial charge >= 0.3 is 0 Å². The van der Waals surface area contributed by atoms with Crippen molar-refractivity contribution < 1.29 is 19.0 Å². The van der Waals surface area contributed by atoms with Gasteiger partial charge in [-0.3, -0.25) is 0 Å². The monoisotopic (exact) mass is 464 g/mol. The van der Waals surface area contributed by atoms with Crippen LogP contribution in [-0.4, -0.2) is 39.9 Å². The molecule has 176 valence electrons. The average Bonchev–Trinajstić information content (AvgIpc) is 2.83. The maximum absolute atomic E-state index is 9.68. The van der Waals surface area contributed by atoms with Gasteiger partial charge < -0.3 is 19.0 Å². The zero-order valence-electron chi connectivity index (χ0n) is 20.2. The van der Waals surface area contributed by atoms with Gasteiger partial charge in [-0.25, -0.2) is 0 Å². The highest BCUT2D eigenvalue weighted by molar-refractivity contribution is 6.99. The molecule has 33 heavy (non-hydrogen) atoms. The summed E-state index contributed by atoms with van der Waals surface area (Å²) >= 11 is 0. The summed E-state index contributed by atoms with van der Waals surface area (Å²) in [6.07, 6.45) is 0.313.